The van der Waals surface area contributed by atoms with Gasteiger partial charge < -0.3 is 20.9 Å². The molecule has 0 bridgehead atoms. The van der Waals surface area contributed by atoms with E-state index in [0.717, 1.165) is 60.0 Å². The van der Waals surface area contributed by atoms with Crippen molar-refractivity contribution in [3.05, 3.63) is 61.1 Å². The van der Waals surface area contributed by atoms with Gasteiger partial charge >= 0.3 is 0 Å². The number of hydrogen-bond donors (Lipinski definition) is 3. The lowest BCUT2D eigenvalue weighted by molar-refractivity contribution is -0.114. The Morgan fingerprint density at radius 2 is 1.88 bits per heavy atom. The number of hydrogen-bond acceptors (Lipinski definition) is 8. The molecule has 1 aromatic carbocycles. The molecule has 1 saturated heterocycles. The van der Waals surface area contributed by atoms with Gasteiger partial charge in [0.15, 0.2) is 0 Å². The molecule has 1 aliphatic rings. The van der Waals surface area contributed by atoms with Crippen LogP contribution in [-0.4, -0.2) is 52.0 Å². The molecule has 0 saturated carbocycles. The van der Waals surface area contributed by atoms with Crippen molar-refractivity contribution in [2.24, 2.45) is 0 Å². The van der Waals surface area contributed by atoms with Crippen LogP contribution in [0.3, 0.4) is 0 Å². The Hall–Kier alpha value is -4.11. The first kappa shape index (κ1) is 20.8. The largest absolute Gasteiger partial charge is 0.354 e. The first-order chi connectivity index (χ1) is 16.2. The summed E-state index contributed by atoms with van der Waals surface area (Å²) < 4.78 is 0. The molecule has 4 aromatic rings. The van der Waals surface area contributed by atoms with Crippen LogP contribution in [0.1, 0.15) is 6.92 Å². The van der Waals surface area contributed by atoms with Crippen molar-refractivity contribution >= 4 is 40.1 Å². The quantitative estimate of drug-likeness (QED) is 0.434. The SMILES string of the molecule is CC(=O)Nc1cccc(-c2ccnc3cnc(Nc4ccc(N5CCNCC5)nc4)nc23)c1. The Morgan fingerprint density at radius 1 is 1.00 bits per heavy atom. The highest BCUT2D eigenvalue weighted by molar-refractivity contribution is 5.94. The highest BCUT2D eigenvalue weighted by Gasteiger charge is 2.12. The molecule has 1 fully saturated rings. The summed E-state index contributed by atoms with van der Waals surface area (Å²) in [5.74, 6) is 1.32. The summed E-state index contributed by atoms with van der Waals surface area (Å²) in [7, 11) is 0. The van der Waals surface area contributed by atoms with Gasteiger partial charge in [-0.25, -0.2) is 15.0 Å². The number of piperazine rings is 1. The third-order valence-corrected chi connectivity index (χ3v) is 5.42. The average Bonchev–Trinajstić information content (AvgIpc) is 2.84. The molecule has 0 atom stereocenters. The van der Waals surface area contributed by atoms with Crippen LogP contribution in [0.25, 0.3) is 22.2 Å². The fraction of sp³-hybridized carbons (Fsp3) is 0.208. The number of carbonyl (C=O) groups excluding carboxylic acids is 1. The van der Waals surface area contributed by atoms with Crippen LogP contribution in [0.15, 0.2) is 61.1 Å². The van der Waals surface area contributed by atoms with E-state index in [1.807, 2.05) is 42.5 Å². The molecule has 9 nitrogen and oxygen atoms in total. The Kier molecular flexibility index (Phi) is 5.77. The van der Waals surface area contributed by atoms with Gasteiger partial charge in [0.05, 0.1) is 18.1 Å². The molecule has 9 heteroatoms. The zero-order chi connectivity index (χ0) is 22.6. The van der Waals surface area contributed by atoms with E-state index in [4.69, 9.17) is 4.98 Å². The molecule has 5 rings (SSSR count). The van der Waals surface area contributed by atoms with Crippen molar-refractivity contribution in [2.75, 3.05) is 41.7 Å². The molecule has 0 aliphatic carbocycles. The minimum Gasteiger partial charge on any atom is -0.354 e. The molecule has 0 unspecified atom stereocenters. The normalized spacial score (nSPS) is 13.7. The van der Waals surface area contributed by atoms with Crippen LogP contribution < -0.4 is 20.9 Å². The zero-order valence-electron chi connectivity index (χ0n) is 18.2. The third-order valence-electron chi connectivity index (χ3n) is 5.42. The van der Waals surface area contributed by atoms with Crippen molar-refractivity contribution in [2.45, 2.75) is 6.92 Å². The van der Waals surface area contributed by atoms with Gasteiger partial charge in [-0.2, -0.15) is 0 Å². The van der Waals surface area contributed by atoms with Gasteiger partial charge in [0, 0.05) is 50.6 Å². The summed E-state index contributed by atoms with van der Waals surface area (Å²) in [5, 5.41) is 9.41. The van der Waals surface area contributed by atoms with E-state index in [1.54, 1.807) is 18.6 Å². The lowest BCUT2D eigenvalue weighted by Crippen LogP contribution is -2.43. The third kappa shape index (κ3) is 4.73. The van der Waals surface area contributed by atoms with Crippen LogP contribution in [0, 0.1) is 0 Å². The van der Waals surface area contributed by atoms with Crippen LogP contribution >= 0.6 is 0 Å². The molecule has 3 N–H and O–H groups in total. The highest BCUT2D eigenvalue weighted by atomic mass is 16.1. The molecular weight excluding hydrogens is 416 g/mol. The Morgan fingerprint density at radius 3 is 2.67 bits per heavy atom. The summed E-state index contributed by atoms with van der Waals surface area (Å²) in [6.07, 6.45) is 5.23. The lowest BCUT2D eigenvalue weighted by Gasteiger charge is -2.28. The van der Waals surface area contributed by atoms with Crippen molar-refractivity contribution in [1.29, 1.82) is 0 Å². The molecule has 33 heavy (non-hydrogen) atoms. The highest BCUT2D eigenvalue weighted by Crippen LogP contribution is 2.29. The van der Waals surface area contributed by atoms with E-state index < -0.39 is 0 Å². The van der Waals surface area contributed by atoms with Gasteiger partial charge in [0.25, 0.3) is 0 Å². The predicted octanol–water partition coefficient (Wildman–Crippen LogP) is 3.20. The predicted molar refractivity (Wildman–Crippen MR) is 130 cm³/mol. The van der Waals surface area contributed by atoms with Gasteiger partial charge in [-0.1, -0.05) is 12.1 Å². The first-order valence-corrected chi connectivity index (χ1v) is 10.8. The van der Waals surface area contributed by atoms with Gasteiger partial charge in [-0.05, 0) is 35.9 Å². The molecule has 4 heterocycles. The summed E-state index contributed by atoms with van der Waals surface area (Å²) in [5.41, 5.74) is 4.79. The molecule has 1 amide bonds. The lowest BCUT2D eigenvalue weighted by atomic mass is 10.0. The topological polar surface area (TPSA) is 108 Å². The van der Waals surface area contributed by atoms with Crippen LogP contribution in [-0.2, 0) is 4.79 Å². The summed E-state index contributed by atoms with van der Waals surface area (Å²) in [6.45, 7) is 5.33. The standard InChI is InChI=1S/C24H24N8O/c1-16(33)29-18-4-2-3-17(13-18)20-7-8-26-21-15-28-24(31-23(20)21)30-19-5-6-22(27-14-19)32-11-9-25-10-12-32/h2-8,13-15,25H,9-12H2,1H3,(H,29,33)(H,28,30,31). The summed E-state index contributed by atoms with van der Waals surface area (Å²) in [6, 6.07) is 13.6. The Balaban J connectivity index is 1.42. The van der Waals surface area contributed by atoms with Gasteiger partial charge in [-0.15, -0.1) is 0 Å². The fourth-order valence-corrected chi connectivity index (χ4v) is 3.87. The number of rotatable bonds is 5. The second-order valence-corrected chi connectivity index (χ2v) is 7.82. The number of aromatic nitrogens is 4. The zero-order valence-corrected chi connectivity index (χ0v) is 18.2. The number of amides is 1. The Labute approximate surface area is 191 Å². The van der Waals surface area contributed by atoms with Crippen molar-refractivity contribution < 1.29 is 4.79 Å². The fourth-order valence-electron chi connectivity index (χ4n) is 3.87. The van der Waals surface area contributed by atoms with Crippen LogP contribution in [0.4, 0.5) is 23.1 Å². The molecule has 166 valence electrons. The minimum absolute atomic E-state index is 0.114. The number of nitrogens with zero attached hydrogens (tertiary/aromatic N) is 5. The molecule has 0 spiro atoms. The summed E-state index contributed by atoms with van der Waals surface area (Å²) >= 11 is 0. The monoisotopic (exact) mass is 440 g/mol. The van der Waals surface area contributed by atoms with Crippen molar-refractivity contribution in [3.8, 4) is 11.1 Å². The molecular formula is C24H24N8O. The van der Waals surface area contributed by atoms with Gasteiger partial charge in [-0.3, -0.25) is 9.78 Å². The van der Waals surface area contributed by atoms with E-state index in [9.17, 15) is 4.79 Å². The average molecular weight is 441 g/mol. The summed E-state index contributed by atoms with van der Waals surface area (Å²) in [4.78, 5) is 31.9. The van der Waals surface area contributed by atoms with E-state index >= 15 is 0 Å². The molecule has 0 radical (unpaired) electrons. The number of pyridine rings is 2. The smallest absolute Gasteiger partial charge is 0.227 e. The van der Waals surface area contributed by atoms with E-state index in [-0.39, 0.29) is 5.91 Å². The number of carbonyl (C=O) groups is 1. The van der Waals surface area contributed by atoms with Crippen LogP contribution in [0.5, 0.6) is 0 Å². The second-order valence-electron chi connectivity index (χ2n) is 7.82. The van der Waals surface area contributed by atoms with Crippen molar-refractivity contribution in [3.63, 3.8) is 0 Å². The van der Waals surface area contributed by atoms with E-state index in [1.165, 1.54) is 6.92 Å². The first-order valence-electron chi connectivity index (χ1n) is 10.8. The van der Waals surface area contributed by atoms with E-state index in [2.05, 4.69) is 35.8 Å². The second kappa shape index (κ2) is 9.17. The number of nitrogens with one attached hydrogen (secondary N) is 3. The van der Waals surface area contributed by atoms with Crippen molar-refractivity contribution in [1.82, 2.24) is 25.3 Å². The minimum atomic E-state index is -0.114. The number of fused-ring (bicyclic) bond motifs is 1. The number of benzene rings is 1. The van der Waals surface area contributed by atoms with Gasteiger partial charge in [0.2, 0.25) is 11.9 Å². The van der Waals surface area contributed by atoms with E-state index in [0.29, 0.717) is 11.5 Å². The maximum atomic E-state index is 11.4. The molecule has 1 aliphatic heterocycles. The van der Waals surface area contributed by atoms with Crippen LogP contribution in [0.2, 0.25) is 0 Å². The maximum absolute atomic E-state index is 11.4. The maximum Gasteiger partial charge on any atom is 0.227 e. The molecule has 3 aromatic heterocycles. The number of anilines is 4. The Bertz CT molecular complexity index is 1290. The van der Waals surface area contributed by atoms with Gasteiger partial charge in [0.1, 0.15) is 16.9 Å².